The maximum Gasteiger partial charge on any atom is 0.168 e. The number of rotatable bonds is 6. The van der Waals surface area contributed by atoms with E-state index in [0.29, 0.717) is 18.8 Å². The number of para-hydroxylation sites is 1. The molecule has 0 aliphatic rings. The monoisotopic (exact) mass is 241 g/mol. The summed E-state index contributed by atoms with van der Waals surface area (Å²) in [4.78, 5) is 0. The molecule has 1 aromatic carbocycles. The van der Waals surface area contributed by atoms with Crippen molar-refractivity contribution in [3.8, 4) is 0 Å². The van der Waals surface area contributed by atoms with Crippen LogP contribution in [0.3, 0.4) is 0 Å². The highest BCUT2D eigenvalue weighted by molar-refractivity contribution is 5.83. The average molecular weight is 241 g/mol. The Bertz CT molecular complexity index is 385. The zero-order valence-electron chi connectivity index (χ0n) is 9.56. The summed E-state index contributed by atoms with van der Waals surface area (Å²) >= 11 is 0. The van der Waals surface area contributed by atoms with E-state index in [9.17, 15) is 4.39 Å². The van der Waals surface area contributed by atoms with Crippen molar-refractivity contribution in [2.24, 2.45) is 10.9 Å². The molecule has 1 atom stereocenters. The molecule has 1 unspecified atom stereocenters. The molecule has 1 rings (SSSR count). The van der Waals surface area contributed by atoms with E-state index >= 15 is 0 Å². The topological polar surface area (TPSA) is 79.9 Å². The molecular weight excluding hydrogens is 225 g/mol. The lowest BCUT2D eigenvalue weighted by atomic mass is 10.3. The molecule has 0 fully saturated rings. The molecule has 0 radical (unpaired) electrons. The Morgan fingerprint density at radius 1 is 1.59 bits per heavy atom. The van der Waals surface area contributed by atoms with Crippen LogP contribution in [0.15, 0.2) is 29.4 Å². The molecule has 0 aliphatic heterocycles. The van der Waals surface area contributed by atoms with Gasteiger partial charge < -0.3 is 21.0 Å². The van der Waals surface area contributed by atoms with Crippen molar-refractivity contribution in [1.29, 1.82) is 0 Å². The summed E-state index contributed by atoms with van der Waals surface area (Å²) in [6.45, 7) is 2.42. The minimum Gasteiger partial charge on any atom is -0.409 e. The summed E-state index contributed by atoms with van der Waals surface area (Å²) in [6.07, 6.45) is -0.470. The van der Waals surface area contributed by atoms with Crippen LogP contribution >= 0.6 is 0 Å². The summed E-state index contributed by atoms with van der Waals surface area (Å²) in [6, 6.07) is 6.38. The molecule has 0 bridgehead atoms. The highest BCUT2D eigenvalue weighted by Crippen LogP contribution is 2.11. The van der Waals surface area contributed by atoms with E-state index in [1.807, 2.05) is 0 Å². The average Bonchev–Trinajstić information content (AvgIpc) is 2.35. The molecule has 0 saturated carbocycles. The lowest BCUT2D eigenvalue weighted by Crippen LogP contribution is -2.30. The third-order valence-electron chi connectivity index (χ3n) is 2.19. The van der Waals surface area contributed by atoms with E-state index in [-0.39, 0.29) is 11.7 Å². The minimum absolute atomic E-state index is 0.0101. The Morgan fingerprint density at radius 2 is 2.29 bits per heavy atom. The van der Waals surface area contributed by atoms with E-state index in [2.05, 4.69) is 10.5 Å². The number of nitrogens with zero attached hydrogens (tertiary/aromatic N) is 1. The van der Waals surface area contributed by atoms with Gasteiger partial charge in [-0.05, 0) is 19.1 Å². The molecule has 0 spiro atoms. The summed E-state index contributed by atoms with van der Waals surface area (Å²) in [5.74, 6) is -0.298. The molecule has 0 amide bonds. The maximum absolute atomic E-state index is 13.2. The Hall–Kier alpha value is -1.82. The van der Waals surface area contributed by atoms with Gasteiger partial charge >= 0.3 is 0 Å². The van der Waals surface area contributed by atoms with Crippen LogP contribution < -0.4 is 11.1 Å². The van der Waals surface area contributed by atoms with Gasteiger partial charge in [-0.3, -0.25) is 0 Å². The SMILES string of the molecule is CC(OCCNc1ccccc1F)/C(N)=N/O. The zero-order chi connectivity index (χ0) is 12.7. The third-order valence-corrected chi connectivity index (χ3v) is 2.19. The van der Waals surface area contributed by atoms with Crippen LogP contribution in [0.1, 0.15) is 6.92 Å². The van der Waals surface area contributed by atoms with Gasteiger partial charge in [0.1, 0.15) is 11.9 Å². The summed E-state index contributed by atoms with van der Waals surface area (Å²) < 4.78 is 18.4. The van der Waals surface area contributed by atoms with Gasteiger partial charge in [-0.2, -0.15) is 0 Å². The number of amidine groups is 1. The van der Waals surface area contributed by atoms with Gasteiger partial charge in [-0.25, -0.2) is 4.39 Å². The Kier molecular flexibility index (Phi) is 5.22. The van der Waals surface area contributed by atoms with Crippen molar-refractivity contribution in [3.05, 3.63) is 30.1 Å². The van der Waals surface area contributed by atoms with Gasteiger partial charge in [0.25, 0.3) is 0 Å². The van der Waals surface area contributed by atoms with Crippen molar-refractivity contribution >= 4 is 11.5 Å². The van der Waals surface area contributed by atoms with Crippen molar-refractivity contribution in [2.75, 3.05) is 18.5 Å². The van der Waals surface area contributed by atoms with E-state index in [0.717, 1.165) is 0 Å². The number of hydrogen-bond donors (Lipinski definition) is 3. The van der Waals surface area contributed by atoms with Gasteiger partial charge in [-0.15, -0.1) is 0 Å². The number of oxime groups is 1. The third kappa shape index (κ3) is 4.28. The second-order valence-corrected chi connectivity index (χ2v) is 3.44. The molecule has 5 nitrogen and oxygen atoms in total. The van der Waals surface area contributed by atoms with Crippen LogP contribution in [-0.4, -0.2) is 30.3 Å². The number of nitrogens with two attached hydrogens (primary N) is 1. The number of benzene rings is 1. The molecular formula is C11H16FN3O2. The second-order valence-electron chi connectivity index (χ2n) is 3.44. The lowest BCUT2D eigenvalue weighted by molar-refractivity contribution is 0.115. The summed E-state index contributed by atoms with van der Waals surface area (Å²) in [7, 11) is 0. The molecule has 4 N–H and O–H groups in total. The molecule has 0 heterocycles. The Balaban J connectivity index is 2.28. The van der Waals surface area contributed by atoms with Gasteiger partial charge in [0.2, 0.25) is 0 Å². The number of anilines is 1. The van der Waals surface area contributed by atoms with Crippen LogP contribution in [0.2, 0.25) is 0 Å². The van der Waals surface area contributed by atoms with Gasteiger partial charge in [0.15, 0.2) is 5.84 Å². The molecule has 17 heavy (non-hydrogen) atoms. The number of hydrogen-bond acceptors (Lipinski definition) is 4. The van der Waals surface area contributed by atoms with Gasteiger partial charge in [0, 0.05) is 6.54 Å². The first kappa shape index (κ1) is 13.2. The first-order valence-corrected chi connectivity index (χ1v) is 5.22. The number of nitrogens with one attached hydrogen (secondary N) is 1. The summed E-state index contributed by atoms with van der Waals surface area (Å²) in [5, 5.41) is 14.1. The zero-order valence-corrected chi connectivity index (χ0v) is 9.56. The predicted molar refractivity (Wildman–Crippen MR) is 63.7 cm³/mol. The van der Waals surface area contributed by atoms with Crippen LogP contribution in [0.5, 0.6) is 0 Å². The van der Waals surface area contributed by atoms with Crippen LogP contribution in [-0.2, 0) is 4.74 Å². The van der Waals surface area contributed by atoms with E-state index < -0.39 is 6.10 Å². The Labute approximate surface area is 99.1 Å². The smallest absolute Gasteiger partial charge is 0.168 e. The van der Waals surface area contributed by atoms with E-state index in [1.165, 1.54) is 6.07 Å². The molecule has 1 aromatic rings. The van der Waals surface area contributed by atoms with Gasteiger partial charge in [-0.1, -0.05) is 17.3 Å². The van der Waals surface area contributed by atoms with Gasteiger partial charge in [0.05, 0.1) is 12.3 Å². The first-order chi connectivity index (χ1) is 8.15. The molecule has 94 valence electrons. The second kappa shape index (κ2) is 6.70. The quantitative estimate of drug-likeness (QED) is 0.231. The standard InChI is InChI=1S/C11H16FN3O2/c1-8(11(13)15-16)17-7-6-14-10-5-3-2-4-9(10)12/h2-5,8,14,16H,6-7H2,1H3,(H2,13,15). The van der Waals surface area contributed by atoms with E-state index in [1.54, 1.807) is 25.1 Å². The fourth-order valence-electron chi connectivity index (χ4n) is 1.19. The Morgan fingerprint density at radius 3 is 2.94 bits per heavy atom. The van der Waals surface area contributed by atoms with Crippen molar-refractivity contribution < 1.29 is 14.3 Å². The van der Waals surface area contributed by atoms with Crippen LogP contribution in [0, 0.1) is 5.82 Å². The van der Waals surface area contributed by atoms with E-state index in [4.69, 9.17) is 15.7 Å². The van der Waals surface area contributed by atoms with Crippen LogP contribution in [0.25, 0.3) is 0 Å². The molecule has 6 heteroatoms. The lowest BCUT2D eigenvalue weighted by Gasteiger charge is -2.12. The highest BCUT2D eigenvalue weighted by atomic mass is 19.1. The molecule has 0 saturated heterocycles. The predicted octanol–water partition coefficient (Wildman–Crippen LogP) is 1.39. The fraction of sp³-hybridized carbons (Fsp3) is 0.364. The maximum atomic E-state index is 13.2. The molecule has 0 aromatic heterocycles. The van der Waals surface area contributed by atoms with Crippen molar-refractivity contribution in [3.63, 3.8) is 0 Å². The minimum atomic E-state index is -0.470. The first-order valence-electron chi connectivity index (χ1n) is 5.22. The largest absolute Gasteiger partial charge is 0.409 e. The molecule has 0 aliphatic carbocycles. The number of ether oxygens (including phenoxy) is 1. The highest BCUT2D eigenvalue weighted by Gasteiger charge is 2.07. The van der Waals surface area contributed by atoms with Crippen molar-refractivity contribution in [2.45, 2.75) is 13.0 Å². The summed E-state index contributed by atoms with van der Waals surface area (Å²) in [5.41, 5.74) is 5.75. The van der Waals surface area contributed by atoms with Crippen LogP contribution in [0.4, 0.5) is 10.1 Å². The normalized spacial score (nSPS) is 13.4. The van der Waals surface area contributed by atoms with Crippen molar-refractivity contribution in [1.82, 2.24) is 0 Å². The fourth-order valence-corrected chi connectivity index (χ4v) is 1.19. The number of halogens is 1.